The highest BCUT2D eigenvalue weighted by molar-refractivity contribution is 5.78. The summed E-state index contributed by atoms with van der Waals surface area (Å²) in [7, 11) is 0. The van der Waals surface area contributed by atoms with Crippen molar-refractivity contribution >= 4 is 11.6 Å². The number of nitrogens with zero attached hydrogens (tertiary/aromatic N) is 2. The third-order valence-electron chi connectivity index (χ3n) is 2.96. The fraction of sp³-hybridized carbons (Fsp3) is 0.286. The summed E-state index contributed by atoms with van der Waals surface area (Å²) in [5.41, 5.74) is 7.08. The number of amides is 1. The number of hydrogen-bond donors (Lipinski definition) is 2. The molecule has 2 aromatic rings. The molecule has 0 radical (unpaired) electrons. The zero-order valence-corrected chi connectivity index (χ0v) is 11.0. The minimum atomic E-state index is -0.329. The number of hydrogen-bond acceptors (Lipinski definition) is 3. The van der Waals surface area contributed by atoms with Gasteiger partial charge in [-0.15, -0.1) is 0 Å². The van der Waals surface area contributed by atoms with E-state index >= 15 is 0 Å². The average Bonchev–Trinajstić information content (AvgIpc) is 2.84. The monoisotopic (exact) mass is 258 g/mol. The third kappa shape index (κ3) is 3.34. The van der Waals surface area contributed by atoms with Crippen LogP contribution in [0.25, 0.3) is 0 Å². The molecule has 0 unspecified atom stereocenters. The number of nitrogens with one attached hydrogen (secondary N) is 1. The fourth-order valence-electron chi connectivity index (χ4n) is 2.00. The van der Waals surface area contributed by atoms with Crippen LogP contribution in [-0.4, -0.2) is 15.5 Å². The fourth-order valence-corrected chi connectivity index (χ4v) is 2.00. The number of benzene rings is 1. The number of para-hydroxylation sites is 1. The topological polar surface area (TPSA) is 72.9 Å². The predicted octanol–water partition coefficient (Wildman–Crippen LogP) is 1.54. The van der Waals surface area contributed by atoms with Crippen LogP contribution < -0.4 is 11.1 Å². The molecule has 2 rings (SSSR count). The molecule has 0 bridgehead atoms. The Kier molecular flexibility index (Phi) is 4.18. The van der Waals surface area contributed by atoms with Crippen LogP contribution in [0, 0.1) is 0 Å². The van der Waals surface area contributed by atoms with Crippen molar-refractivity contribution in [1.29, 1.82) is 0 Å². The van der Waals surface area contributed by atoms with E-state index < -0.39 is 0 Å². The van der Waals surface area contributed by atoms with Gasteiger partial charge >= 0.3 is 0 Å². The zero-order valence-electron chi connectivity index (χ0n) is 11.0. The van der Waals surface area contributed by atoms with Crippen LogP contribution in [0.3, 0.4) is 0 Å². The van der Waals surface area contributed by atoms with Crippen LogP contribution in [0.5, 0.6) is 0 Å². The smallest absolute Gasteiger partial charge is 0.221 e. The van der Waals surface area contributed by atoms with Crippen molar-refractivity contribution in [3.8, 4) is 0 Å². The summed E-state index contributed by atoms with van der Waals surface area (Å²) in [5.74, 6) is 0.640. The minimum absolute atomic E-state index is 0.241. The lowest BCUT2D eigenvalue weighted by Gasteiger charge is -2.11. The molecule has 0 spiro atoms. The van der Waals surface area contributed by atoms with Gasteiger partial charge in [-0.05, 0) is 18.6 Å². The Morgan fingerprint density at radius 1 is 1.42 bits per heavy atom. The molecule has 0 saturated carbocycles. The van der Waals surface area contributed by atoms with Crippen LogP contribution >= 0.6 is 0 Å². The molecule has 0 saturated heterocycles. The van der Waals surface area contributed by atoms with Gasteiger partial charge in [0.25, 0.3) is 0 Å². The van der Waals surface area contributed by atoms with Gasteiger partial charge < -0.3 is 15.6 Å². The van der Waals surface area contributed by atoms with E-state index in [0.29, 0.717) is 6.54 Å². The highest BCUT2D eigenvalue weighted by Gasteiger charge is 2.06. The van der Waals surface area contributed by atoms with Gasteiger partial charge in [-0.3, -0.25) is 4.79 Å². The predicted molar refractivity (Wildman–Crippen MR) is 74.6 cm³/mol. The van der Waals surface area contributed by atoms with E-state index in [1.54, 1.807) is 6.20 Å². The first kappa shape index (κ1) is 13.1. The lowest BCUT2D eigenvalue weighted by molar-refractivity contribution is -0.117. The first-order valence-electron chi connectivity index (χ1n) is 6.30. The Bertz CT molecular complexity index is 562. The van der Waals surface area contributed by atoms with E-state index in [0.717, 1.165) is 23.6 Å². The Morgan fingerprint density at radius 2 is 2.21 bits per heavy atom. The van der Waals surface area contributed by atoms with Crippen molar-refractivity contribution in [2.24, 2.45) is 5.73 Å². The molecule has 1 aromatic heterocycles. The first-order chi connectivity index (χ1) is 9.20. The van der Waals surface area contributed by atoms with E-state index in [-0.39, 0.29) is 12.3 Å². The van der Waals surface area contributed by atoms with Crippen LogP contribution in [0.4, 0.5) is 5.69 Å². The van der Waals surface area contributed by atoms with Crippen molar-refractivity contribution in [2.75, 3.05) is 5.32 Å². The highest BCUT2D eigenvalue weighted by Crippen LogP contribution is 2.16. The van der Waals surface area contributed by atoms with Crippen LogP contribution in [0.2, 0.25) is 0 Å². The molecule has 5 heteroatoms. The van der Waals surface area contributed by atoms with Crippen molar-refractivity contribution in [2.45, 2.75) is 26.4 Å². The molecule has 0 aliphatic heterocycles. The maximum atomic E-state index is 11.0. The molecule has 0 aliphatic rings. The molecule has 1 aromatic carbocycles. The second-order valence-corrected chi connectivity index (χ2v) is 4.28. The van der Waals surface area contributed by atoms with Crippen molar-refractivity contribution < 1.29 is 4.79 Å². The summed E-state index contributed by atoms with van der Waals surface area (Å²) in [6, 6.07) is 7.67. The summed E-state index contributed by atoms with van der Waals surface area (Å²) in [6.45, 7) is 3.59. The number of aryl methyl sites for hydroxylation is 1. The van der Waals surface area contributed by atoms with Crippen LogP contribution in [0.15, 0.2) is 36.7 Å². The second-order valence-electron chi connectivity index (χ2n) is 4.28. The second kappa shape index (κ2) is 6.04. The van der Waals surface area contributed by atoms with E-state index in [2.05, 4.69) is 21.8 Å². The number of nitrogens with two attached hydrogens (primary N) is 1. The van der Waals surface area contributed by atoms with Gasteiger partial charge in [0, 0.05) is 24.6 Å². The van der Waals surface area contributed by atoms with Crippen LogP contribution in [0.1, 0.15) is 18.3 Å². The molecule has 1 heterocycles. The van der Waals surface area contributed by atoms with Gasteiger partial charge in [0.2, 0.25) is 5.91 Å². The molecule has 0 atom stereocenters. The van der Waals surface area contributed by atoms with E-state index in [9.17, 15) is 4.79 Å². The summed E-state index contributed by atoms with van der Waals surface area (Å²) in [6.07, 6.45) is 3.98. The lowest BCUT2D eigenvalue weighted by atomic mass is 10.1. The number of carbonyl (C=O) groups excluding carboxylic acids is 1. The van der Waals surface area contributed by atoms with Crippen molar-refractivity contribution in [1.82, 2.24) is 9.55 Å². The van der Waals surface area contributed by atoms with Crippen molar-refractivity contribution in [3.63, 3.8) is 0 Å². The van der Waals surface area contributed by atoms with Gasteiger partial charge in [0.1, 0.15) is 5.82 Å². The number of rotatable bonds is 6. The van der Waals surface area contributed by atoms with Gasteiger partial charge in [0.05, 0.1) is 13.0 Å². The summed E-state index contributed by atoms with van der Waals surface area (Å²) in [4.78, 5) is 15.3. The molecule has 0 aliphatic carbocycles. The number of aromatic nitrogens is 2. The molecule has 1 amide bonds. The number of primary amides is 1. The van der Waals surface area contributed by atoms with Gasteiger partial charge in [-0.2, -0.15) is 0 Å². The molecule has 5 nitrogen and oxygen atoms in total. The quantitative estimate of drug-likeness (QED) is 0.825. The summed E-state index contributed by atoms with van der Waals surface area (Å²) >= 11 is 0. The maximum absolute atomic E-state index is 11.0. The largest absolute Gasteiger partial charge is 0.378 e. The molecular weight excluding hydrogens is 240 g/mol. The van der Waals surface area contributed by atoms with Gasteiger partial charge in [-0.1, -0.05) is 18.2 Å². The summed E-state index contributed by atoms with van der Waals surface area (Å²) in [5, 5.41) is 3.30. The van der Waals surface area contributed by atoms with Gasteiger partial charge in [-0.25, -0.2) is 4.98 Å². The highest BCUT2D eigenvalue weighted by atomic mass is 16.1. The molecule has 3 N–H and O–H groups in total. The maximum Gasteiger partial charge on any atom is 0.221 e. The number of carbonyl (C=O) groups is 1. The SMILES string of the molecule is CCn1ccnc1CNc1ccccc1CC(N)=O. The molecular formula is C14H18N4O. The Morgan fingerprint density at radius 3 is 2.95 bits per heavy atom. The molecule has 100 valence electrons. The Balaban J connectivity index is 2.09. The van der Waals surface area contributed by atoms with Crippen LogP contribution in [-0.2, 0) is 24.3 Å². The number of anilines is 1. The average molecular weight is 258 g/mol. The normalized spacial score (nSPS) is 10.4. The third-order valence-corrected chi connectivity index (χ3v) is 2.96. The standard InChI is InChI=1S/C14H18N4O/c1-2-18-8-7-16-14(18)10-17-12-6-4-3-5-11(12)9-13(15)19/h3-8,17H,2,9-10H2,1H3,(H2,15,19). The Hall–Kier alpha value is -2.30. The summed E-state index contributed by atoms with van der Waals surface area (Å²) < 4.78 is 2.07. The molecule has 19 heavy (non-hydrogen) atoms. The Labute approximate surface area is 112 Å². The zero-order chi connectivity index (χ0) is 13.7. The van der Waals surface area contributed by atoms with Crippen molar-refractivity contribution in [3.05, 3.63) is 48.0 Å². The lowest BCUT2D eigenvalue weighted by Crippen LogP contribution is -2.15. The van der Waals surface area contributed by atoms with E-state index in [1.807, 2.05) is 30.5 Å². The van der Waals surface area contributed by atoms with E-state index in [4.69, 9.17) is 5.73 Å². The first-order valence-corrected chi connectivity index (χ1v) is 6.30. The van der Waals surface area contributed by atoms with E-state index in [1.165, 1.54) is 0 Å². The minimum Gasteiger partial charge on any atom is -0.378 e. The van der Waals surface area contributed by atoms with Gasteiger partial charge in [0.15, 0.2) is 0 Å². The number of imidazole rings is 1. The molecule has 0 fully saturated rings.